The Kier molecular flexibility index (Phi) is 2.64. The smallest absolute Gasteiger partial charge is 0.246 e. The van der Waals surface area contributed by atoms with Crippen LogP contribution in [0.5, 0.6) is 0 Å². The number of carbonyl (C=O) groups is 2. The molecule has 0 atom stereocenters. The van der Waals surface area contributed by atoms with Crippen molar-refractivity contribution < 1.29 is 9.59 Å². The van der Waals surface area contributed by atoms with Crippen molar-refractivity contribution >= 4 is 11.8 Å². The third-order valence-corrected chi connectivity index (χ3v) is 1.89. The monoisotopic (exact) mass is 196 g/mol. The standard InChI is InChI=1S/C8H12N4O2/c1-5-6(2)12(10-9-5)11(7(3)13)8(4)14/h1-4H3. The summed E-state index contributed by atoms with van der Waals surface area (Å²) in [4.78, 5) is 23.5. The Labute approximate surface area is 81.5 Å². The second-order valence-electron chi connectivity index (χ2n) is 3.00. The SMILES string of the molecule is CC(=O)N(C(C)=O)n1nnc(C)c1C. The van der Waals surface area contributed by atoms with E-state index >= 15 is 0 Å². The molecule has 0 unspecified atom stereocenters. The van der Waals surface area contributed by atoms with E-state index in [0.29, 0.717) is 11.4 Å². The lowest BCUT2D eigenvalue weighted by Crippen LogP contribution is -2.44. The molecule has 0 aromatic carbocycles. The maximum absolute atomic E-state index is 11.2. The topological polar surface area (TPSA) is 68.1 Å². The van der Waals surface area contributed by atoms with Crippen molar-refractivity contribution in [2.24, 2.45) is 0 Å². The largest absolute Gasteiger partial charge is 0.273 e. The van der Waals surface area contributed by atoms with E-state index in [-0.39, 0.29) is 11.8 Å². The van der Waals surface area contributed by atoms with Gasteiger partial charge in [-0.2, -0.15) is 5.01 Å². The van der Waals surface area contributed by atoms with Crippen molar-refractivity contribution in [1.82, 2.24) is 15.1 Å². The highest BCUT2D eigenvalue weighted by molar-refractivity contribution is 6.06. The van der Waals surface area contributed by atoms with Gasteiger partial charge in [-0.3, -0.25) is 9.59 Å². The molecule has 0 N–H and O–H groups in total. The van der Waals surface area contributed by atoms with Gasteiger partial charge in [0.2, 0.25) is 11.8 Å². The second-order valence-corrected chi connectivity index (χ2v) is 3.00. The van der Waals surface area contributed by atoms with Gasteiger partial charge in [-0.1, -0.05) is 0 Å². The van der Waals surface area contributed by atoms with Crippen molar-refractivity contribution in [3.63, 3.8) is 0 Å². The molecule has 0 radical (unpaired) electrons. The third kappa shape index (κ3) is 1.63. The quantitative estimate of drug-likeness (QED) is 0.630. The summed E-state index contributed by atoms with van der Waals surface area (Å²) < 4.78 is 0. The number of amides is 2. The molecule has 0 aliphatic carbocycles. The fourth-order valence-electron chi connectivity index (χ4n) is 1.07. The summed E-state index contributed by atoms with van der Waals surface area (Å²) in [5.74, 6) is -0.768. The van der Waals surface area contributed by atoms with E-state index in [1.165, 1.54) is 18.6 Å². The van der Waals surface area contributed by atoms with Crippen LogP contribution in [0.25, 0.3) is 0 Å². The highest BCUT2D eigenvalue weighted by Crippen LogP contribution is 2.02. The summed E-state index contributed by atoms with van der Waals surface area (Å²) in [6.07, 6.45) is 0. The number of hydrogen-bond acceptors (Lipinski definition) is 4. The van der Waals surface area contributed by atoms with Crippen LogP contribution in [0.1, 0.15) is 25.2 Å². The lowest BCUT2D eigenvalue weighted by atomic mass is 10.4. The first kappa shape index (κ1) is 10.4. The van der Waals surface area contributed by atoms with E-state index in [4.69, 9.17) is 0 Å². The van der Waals surface area contributed by atoms with Gasteiger partial charge in [0.15, 0.2) is 0 Å². The van der Waals surface area contributed by atoms with Crippen molar-refractivity contribution in [2.75, 3.05) is 5.01 Å². The molecule has 14 heavy (non-hydrogen) atoms. The summed E-state index contributed by atoms with van der Waals surface area (Å²) in [6.45, 7) is 6.11. The molecule has 0 aliphatic heterocycles. The molecule has 0 saturated heterocycles. The number of aromatic nitrogens is 3. The van der Waals surface area contributed by atoms with Crippen LogP contribution < -0.4 is 5.01 Å². The molecule has 0 saturated carbocycles. The molecule has 0 aliphatic rings. The van der Waals surface area contributed by atoms with Crippen LogP contribution in [-0.2, 0) is 9.59 Å². The van der Waals surface area contributed by atoms with Crippen molar-refractivity contribution in [2.45, 2.75) is 27.7 Å². The van der Waals surface area contributed by atoms with Gasteiger partial charge >= 0.3 is 0 Å². The van der Waals surface area contributed by atoms with Gasteiger partial charge in [-0.15, -0.1) is 9.89 Å². The van der Waals surface area contributed by atoms with Crippen LogP contribution in [0.3, 0.4) is 0 Å². The Bertz CT molecular complexity index is 369. The van der Waals surface area contributed by atoms with Crippen molar-refractivity contribution in [3.05, 3.63) is 11.4 Å². The maximum Gasteiger partial charge on any atom is 0.246 e. The van der Waals surface area contributed by atoms with Gasteiger partial charge in [-0.25, -0.2) is 0 Å². The van der Waals surface area contributed by atoms with Crippen molar-refractivity contribution in [3.8, 4) is 0 Å². The van der Waals surface area contributed by atoms with E-state index in [0.717, 1.165) is 5.01 Å². The van der Waals surface area contributed by atoms with Gasteiger partial charge < -0.3 is 0 Å². The zero-order valence-corrected chi connectivity index (χ0v) is 8.61. The Morgan fingerprint density at radius 3 is 2.00 bits per heavy atom. The molecule has 76 valence electrons. The summed E-state index contributed by atoms with van der Waals surface area (Å²) >= 11 is 0. The molecule has 0 bridgehead atoms. The fourth-order valence-corrected chi connectivity index (χ4v) is 1.07. The maximum atomic E-state index is 11.2. The molecule has 0 spiro atoms. The molecule has 6 nitrogen and oxygen atoms in total. The summed E-state index contributed by atoms with van der Waals surface area (Å²) in [5, 5.41) is 8.42. The first-order valence-corrected chi connectivity index (χ1v) is 4.15. The predicted molar refractivity (Wildman–Crippen MR) is 49.1 cm³/mol. The number of hydrogen-bond donors (Lipinski definition) is 0. The number of nitrogens with zero attached hydrogens (tertiary/aromatic N) is 4. The molecule has 1 aromatic heterocycles. The highest BCUT2D eigenvalue weighted by Gasteiger charge is 2.19. The fraction of sp³-hybridized carbons (Fsp3) is 0.500. The van der Waals surface area contributed by atoms with E-state index < -0.39 is 0 Å². The second kappa shape index (κ2) is 3.57. The van der Waals surface area contributed by atoms with E-state index in [2.05, 4.69) is 10.3 Å². The van der Waals surface area contributed by atoms with E-state index in [1.54, 1.807) is 13.8 Å². The summed E-state index contributed by atoms with van der Waals surface area (Å²) in [7, 11) is 0. The molecule has 1 rings (SSSR count). The van der Waals surface area contributed by atoms with Crippen molar-refractivity contribution in [1.29, 1.82) is 0 Å². The first-order chi connectivity index (χ1) is 6.45. The minimum Gasteiger partial charge on any atom is -0.273 e. The Morgan fingerprint density at radius 1 is 1.21 bits per heavy atom. The molecule has 2 amide bonds. The van der Waals surface area contributed by atoms with Crippen LogP contribution in [0.4, 0.5) is 0 Å². The van der Waals surface area contributed by atoms with Gasteiger partial charge in [-0.05, 0) is 19.1 Å². The van der Waals surface area contributed by atoms with Gasteiger partial charge in [0.25, 0.3) is 0 Å². The lowest BCUT2D eigenvalue weighted by Gasteiger charge is -2.16. The van der Waals surface area contributed by atoms with E-state index in [1.807, 2.05) is 0 Å². The molecular weight excluding hydrogens is 184 g/mol. The zero-order chi connectivity index (χ0) is 10.9. The third-order valence-electron chi connectivity index (χ3n) is 1.89. The molecule has 1 heterocycles. The Morgan fingerprint density at radius 2 is 1.71 bits per heavy atom. The zero-order valence-electron chi connectivity index (χ0n) is 8.61. The number of aryl methyl sites for hydroxylation is 1. The van der Waals surface area contributed by atoms with Gasteiger partial charge in [0, 0.05) is 13.8 Å². The van der Waals surface area contributed by atoms with Gasteiger partial charge in [0.05, 0.1) is 11.4 Å². The first-order valence-electron chi connectivity index (χ1n) is 4.15. The normalized spacial score (nSPS) is 10.0. The predicted octanol–water partition coefficient (Wildman–Crippen LogP) is -0.0741. The molecule has 0 fully saturated rings. The summed E-state index contributed by atoms with van der Waals surface area (Å²) in [5.41, 5.74) is 1.37. The average Bonchev–Trinajstić information content (AvgIpc) is 2.35. The number of carbonyl (C=O) groups excluding carboxylic acids is 2. The highest BCUT2D eigenvalue weighted by atomic mass is 16.2. The van der Waals surface area contributed by atoms with E-state index in [9.17, 15) is 9.59 Å². The van der Waals surface area contributed by atoms with Gasteiger partial charge in [0.1, 0.15) is 0 Å². The van der Waals surface area contributed by atoms with Crippen LogP contribution in [0.15, 0.2) is 0 Å². The summed E-state index contributed by atoms with van der Waals surface area (Å²) in [6, 6.07) is 0. The number of imide groups is 1. The Hall–Kier alpha value is -1.72. The van der Waals surface area contributed by atoms with Crippen LogP contribution in [0.2, 0.25) is 0 Å². The minimum atomic E-state index is -0.384. The lowest BCUT2D eigenvalue weighted by molar-refractivity contribution is -0.127. The molecule has 1 aromatic rings. The van der Waals surface area contributed by atoms with Crippen LogP contribution in [0, 0.1) is 13.8 Å². The molecule has 6 heteroatoms. The number of rotatable bonds is 1. The molecular formula is C8H12N4O2. The Balaban J connectivity index is 3.18. The van der Waals surface area contributed by atoms with Crippen LogP contribution in [-0.4, -0.2) is 26.9 Å². The average molecular weight is 196 g/mol. The minimum absolute atomic E-state index is 0.384. The van der Waals surface area contributed by atoms with Crippen LogP contribution >= 0.6 is 0 Å².